The number of ether oxygens (including phenoxy) is 1. The molecule has 0 radical (unpaired) electrons. The fraction of sp³-hybridized carbons (Fsp3) is 0.667. The van der Waals surface area contributed by atoms with Crippen LogP contribution in [-0.2, 0) is 9.53 Å². The van der Waals surface area contributed by atoms with E-state index in [4.69, 9.17) is 11.5 Å². The van der Waals surface area contributed by atoms with Gasteiger partial charge in [-0.2, -0.15) is 0 Å². The quantitative estimate of drug-likeness (QED) is 0.543. The van der Waals surface area contributed by atoms with Gasteiger partial charge in [0.2, 0.25) is 5.91 Å². The molecule has 0 unspecified atom stereocenters. The third-order valence-corrected chi connectivity index (χ3v) is 1.18. The summed E-state index contributed by atoms with van der Waals surface area (Å²) in [5.41, 5.74) is 10.1. The van der Waals surface area contributed by atoms with Crippen molar-refractivity contribution in [2.24, 2.45) is 11.5 Å². The molecule has 0 saturated heterocycles. The minimum atomic E-state index is -0.598. The molecule has 0 atom stereocenters. The molecule has 0 saturated carbocycles. The van der Waals surface area contributed by atoms with Crippen molar-refractivity contribution in [3.8, 4) is 0 Å². The zero-order valence-corrected chi connectivity index (χ0v) is 6.95. The van der Waals surface area contributed by atoms with Crippen molar-refractivity contribution in [3.05, 3.63) is 0 Å². The average molecular weight is 175 g/mol. The minimum Gasteiger partial charge on any atom is -0.453 e. The average Bonchev–Trinajstić information content (AvgIpc) is 2.01. The first-order chi connectivity index (χ1) is 5.61. The fourth-order valence-corrected chi connectivity index (χ4v) is 0.708. The summed E-state index contributed by atoms with van der Waals surface area (Å²) in [7, 11) is 1.23. The highest BCUT2D eigenvalue weighted by Crippen LogP contribution is 1.90. The summed E-state index contributed by atoms with van der Waals surface area (Å²) in [5.74, 6) is -0.589. The van der Waals surface area contributed by atoms with Crippen LogP contribution in [-0.4, -0.2) is 43.6 Å². The normalized spacial score (nSPS) is 9.17. The van der Waals surface area contributed by atoms with E-state index in [0.29, 0.717) is 0 Å². The van der Waals surface area contributed by atoms with E-state index < -0.39 is 12.0 Å². The Hall–Kier alpha value is -1.30. The van der Waals surface area contributed by atoms with Crippen molar-refractivity contribution >= 4 is 12.0 Å². The molecule has 0 heterocycles. The molecule has 0 aliphatic heterocycles. The number of nitrogens with zero attached hydrogens (tertiary/aromatic N) is 1. The molecule has 6 nitrogen and oxygen atoms in total. The third-order valence-electron chi connectivity index (χ3n) is 1.18. The highest BCUT2D eigenvalue weighted by Gasteiger charge is 2.14. The van der Waals surface area contributed by atoms with Gasteiger partial charge >= 0.3 is 6.09 Å². The van der Waals surface area contributed by atoms with Gasteiger partial charge in [0, 0.05) is 13.1 Å². The van der Waals surface area contributed by atoms with Crippen molar-refractivity contribution in [2.45, 2.75) is 0 Å². The summed E-state index contributed by atoms with van der Waals surface area (Å²) in [4.78, 5) is 22.5. The minimum absolute atomic E-state index is 0.163. The molecule has 6 heteroatoms. The first kappa shape index (κ1) is 10.7. The van der Waals surface area contributed by atoms with Crippen LogP contribution in [0.15, 0.2) is 0 Å². The van der Waals surface area contributed by atoms with Gasteiger partial charge < -0.3 is 16.2 Å². The molecule has 0 bridgehead atoms. The summed E-state index contributed by atoms with van der Waals surface area (Å²) < 4.78 is 4.39. The number of carbonyl (C=O) groups excluding carboxylic acids is 2. The van der Waals surface area contributed by atoms with Crippen LogP contribution in [0.1, 0.15) is 0 Å². The molecule has 0 aromatic rings. The van der Waals surface area contributed by atoms with Gasteiger partial charge in [-0.15, -0.1) is 0 Å². The predicted octanol–water partition coefficient (Wildman–Crippen LogP) is -1.50. The highest BCUT2D eigenvalue weighted by molar-refractivity contribution is 5.80. The first-order valence-corrected chi connectivity index (χ1v) is 3.43. The number of amides is 2. The maximum absolute atomic E-state index is 10.9. The van der Waals surface area contributed by atoms with Gasteiger partial charge in [-0.1, -0.05) is 0 Å². The number of hydrogen-bond acceptors (Lipinski definition) is 4. The standard InChI is InChI=1S/C6H13N3O3/c1-12-6(11)9(3-2-7)4-5(8)10/h2-4,7H2,1H3,(H2,8,10). The van der Waals surface area contributed by atoms with Crippen LogP contribution in [0, 0.1) is 0 Å². The van der Waals surface area contributed by atoms with Gasteiger partial charge in [0.05, 0.1) is 7.11 Å². The number of primary amides is 1. The summed E-state index contributed by atoms with van der Waals surface area (Å²) in [6.45, 7) is 0.363. The van der Waals surface area contributed by atoms with E-state index in [1.165, 1.54) is 7.11 Å². The van der Waals surface area contributed by atoms with Crippen molar-refractivity contribution in [3.63, 3.8) is 0 Å². The molecule has 70 valence electrons. The molecule has 0 rings (SSSR count). The second-order valence-electron chi connectivity index (χ2n) is 2.15. The first-order valence-electron chi connectivity index (χ1n) is 3.43. The van der Waals surface area contributed by atoms with E-state index >= 15 is 0 Å². The van der Waals surface area contributed by atoms with Gasteiger partial charge in [-0.25, -0.2) is 4.79 Å². The highest BCUT2D eigenvalue weighted by atomic mass is 16.5. The van der Waals surface area contributed by atoms with Gasteiger partial charge in [0.15, 0.2) is 0 Å². The van der Waals surface area contributed by atoms with E-state index in [9.17, 15) is 9.59 Å². The summed E-state index contributed by atoms with van der Waals surface area (Å²) in [5, 5.41) is 0. The molecule has 0 aliphatic carbocycles. The Kier molecular flexibility index (Phi) is 4.78. The number of nitrogens with two attached hydrogens (primary N) is 2. The van der Waals surface area contributed by atoms with Crippen LogP contribution in [0.5, 0.6) is 0 Å². The molecule has 0 aliphatic rings. The van der Waals surface area contributed by atoms with Crippen LogP contribution in [0.25, 0.3) is 0 Å². The molecule has 0 fully saturated rings. The Balaban J connectivity index is 4.02. The molecule has 2 amide bonds. The third kappa shape index (κ3) is 3.77. The lowest BCUT2D eigenvalue weighted by molar-refractivity contribution is -0.118. The summed E-state index contributed by atoms with van der Waals surface area (Å²) in [6, 6.07) is 0. The molecule has 4 N–H and O–H groups in total. The van der Waals surface area contributed by atoms with E-state index in [2.05, 4.69) is 4.74 Å². The number of hydrogen-bond donors (Lipinski definition) is 2. The maximum Gasteiger partial charge on any atom is 0.409 e. The molecule has 0 aromatic carbocycles. The fourth-order valence-electron chi connectivity index (χ4n) is 0.708. The lowest BCUT2D eigenvalue weighted by Gasteiger charge is -2.17. The Labute approximate surface area is 70.4 Å². The van der Waals surface area contributed by atoms with E-state index in [0.717, 1.165) is 4.90 Å². The lowest BCUT2D eigenvalue weighted by Crippen LogP contribution is -2.41. The second kappa shape index (κ2) is 5.36. The molecular weight excluding hydrogens is 162 g/mol. The van der Waals surface area contributed by atoms with Crippen LogP contribution in [0.3, 0.4) is 0 Å². The number of carbonyl (C=O) groups is 2. The lowest BCUT2D eigenvalue weighted by atomic mass is 10.5. The van der Waals surface area contributed by atoms with Crippen molar-refractivity contribution in [1.82, 2.24) is 4.90 Å². The van der Waals surface area contributed by atoms with Gasteiger partial charge in [-0.3, -0.25) is 9.69 Å². The number of rotatable bonds is 4. The smallest absolute Gasteiger partial charge is 0.409 e. The van der Waals surface area contributed by atoms with Crippen molar-refractivity contribution in [1.29, 1.82) is 0 Å². The Bertz CT molecular complexity index is 171. The Morgan fingerprint density at radius 2 is 2.08 bits per heavy atom. The second-order valence-corrected chi connectivity index (χ2v) is 2.15. The van der Waals surface area contributed by atoms with Crippen molar-refractivity contribution < 1.29 is 14.3 Å². The summed E-state index contributed by atoms with van der Waals surface area (Å²) >= 11 is 0. The van der Waals surface area contributed by atoms with Gasteiger partial charge in [0.25, 0.3) is 0 Å². The van der Waals surface area contributed by atoms with Crippen molar-refractivity contribution in [2.75, 3.05) is 26.7 Å². The maximum atomic E-state index is 10.9. The molecule has 12 heavy (non-hydrogen) atoms. The summed E-state index contributed by atoms with van der Waals surface area (Å²) in [6.07, 6.45) is -0.598. The zero-order chi connectivity index (χ0) is 9.56. The molecular formula is C6H13N3O3. The monoisotopic (exact) mass is 175 g/mol. The topological polar surface area (TPSA) is 98.7 Å². The largest absolute Gasteiger partial charge is 0.453 e. The zero-order valence-electron chi connectivity index (χ0n) is 6.95. The SMILES string of the molecule is COC(=O)N(CCN)CC(N)=O. The van der Waals surface area contributed by atoms with Crippen LogP contribution < -0.4 is 11.5 Å². The van der Waals surface area contributed by atoms with E-state index in [1.54, 1.807) is 0 Å². The van der Waals surface area contributed by atoms with Gasteiger partial charge in [0.1, 0.15) is 6.54 Å². The number of methoxy groups -OCH3 is 1. The van der Waals surface area contributed by atoms with Crippen LogP contribution in [0.2, 0.25) is 0 Å². The van der Waals surface area contributed by atoms with E-state index in [-0.39, 0.29) is 19.6 Å². The Morgan fingerprint density at radius 1 is 1.50 bits per heavy atom. The van der Waals surface area contributed by atoms with Crippen LogP contribution in [0.4, 0.5) is 4.79 Å². The Morgan fingerprint density at radius 3 is 2.42 bits per heavy atom. The van der Waals surface area contributed by atoms with Gasteiger partial charge in [-0.05, 0) is 0 Å². The molecule has 0 aromatic heterocycles. The molecule has 0 spiro atoms. The predicted molar refractivity (Wildman–Crippen MR) is 42.2 cm³/mol. The van der Waals surface area contributed by atoms with E-state index in [1.807, 2.05) is 0 Å². The van der Waals surface area contributed by atoms with Crippen LogP contribution >= 0.6 is 0 Å².